The van der Waals surface area contributed by atoms with Gasteiger partial charge in [0.1, 0.15) is 5.54 Å². The number of hydrogen-bond donors (Lipinski definition) is 2. The van der Waals surface area contributed by atoms with Crippen molar-refractivity contribution in [3.63, 3.8) is 0 Å². The molecule has 106 valence electrons. The maximum absolute atomic E-state index is 10.8. The van der Waals surface area contributed by atoms with Gasteiger partial charge < -0.3 is 10.8 Å². The molecule has 3 nitrogen and oxygen atoms in total. The SMILES string of the molecule is CCCCCCCCCCC1CC(N)(C(=O)O)C1. The highest BCUT2D eigenvalue weighted by molar-refractivity contribution is 5.79. The van der Waals surface area contributed by atoms with Crippen molar-refractivity contribution in [1.29, 1.82) is 0 Å². The highest BCUT2D eigenvalue weighted by Crippen LogP contribution is 2.39. The monoisotopic (exact) mass is 255 g/mol. The molecule has 0 bridgehead atoms. The molecule has 0 unspecified atom stereocenters. The molecule has 0 atom stereocenters. The highest BCUT2D eigenvalue weighted by Gasteiger charge is 2.46. The Bertz CT molecular complexity index is 247. The van der Waals surface area contributed by atoms with E-state index in [0.29, 0.717) is 18.8 Å². The number of aliphatic carboxylic acids is 1. The molecule has 0 spiro atoms. The third kappa shape index (κ3) is 4.97. The van der Waals surface area contributed by atoms with Gasteiger partial charge in [-0.25, -0.2) is 0 Å². The van der Waals surface area contributed by atoms with Crippen LogP contribution in [0.5, 0.6) is 0 Å². The standard InChI is InChI=1S/C15H29NO2/c1-2-3-4-5-6-7-8-9-10-13-11-15(16,12-13)14(17)18/h13H,2-12,16H2,1H3,(H,17,18). The van der Waals surface area contributed by atoms with Crippen LogP contribution in [0.1, 0.15) is 77.6 Å². The zero-order valence-electron chi connectivity index (χ0n) is 11.8. The molecule has 3 heteroatoms. The summed E-state index contributed by atoms with van der Waals surface area (Å²) in [5, 5.41) is 8.90. The lowest BCUT2D eigenvalue weighted by molar-refractivity contribution is -0.149. The number of carboxylic acids is 1. The molecule has 0 heterocycles. The van der Waals surface area contributed by atoms with E-state index in [0.717, 1.165) is 0 Å². The summed E-state index contributed by atoms with van der Waals surface area (Å²) in [7, 11) is 0. The van der Waals surface area contributed by atoms with Crippen molar-refractivity contribution in [1.82, 2.24) is 0 Å². The molecule has 1 aliphatic carbocycles. The molecule has 1 aliphatic rings. The molecule has 0 aromatic heterocycles. The Labute approximate surface area is 111 Å². The number of rotatable bonds is 10. The van der Waals surface area contributed by atoms with E-state index < -0.39 is 11.5 Å². The predicted octanol–water partition coefficient (Wildman–Crippen LogP) is 3.71. The Morgan fingerprint density at radius 1 is 1.11 bits per heavy atom. The quantitative estimate of drug-likeness (QED) is 0.585. The van der Waals surface area contributed by atoms with Crippen molar-refractivity contribution in [3.8, 4) is 0 Å². The minimum atomic E-state index is -0.898. The van der Waals surface area contributed by atoms with Crippen LogP contribution in [0.4, 0.5) is 0 Å². The zero-order chi connectivity index (χ0) is 13.4. The highest BCUT2D eigenvalue weighted by atomic mass is 16.4. The van der Waals surface area contributed by atoms with Crippen LogP contribution in [0.25, 0.3) is 0 Å². The lowest BCUT2D eigenvalue weighted by atomic mass is 9.67. The molecule has 0 aromatic carbocycles. The first-order valence-electron chi connectivity index (χ1n) is 7.61. The van der Waals surface area contributed by atoms with Gasteiger partial charge in [-0.3, -0.25) is 4.79 Å². The topological polar surface area (TPSA) is 63.3 Å². The van der Waals surface area contributed by atoms with Gasteiger partial charge in [0.2, 0.25) is 0 Å². The lowest BCUT2D eigenvalue weighted by Crippen LogP contribution is -2.57. The van der Waals surface area contributed by atoms with Gasteiger partial charge in [0.05, 0.1) is 0 Å². The van der Waals surface area contributed by atoms with Crippen LogP contribution in [0.15, 0.2) is 0 Å². The van der Waals surface area contributed by atoms with Crippen molar-refractivity contribution in [3.05, 3.63) is 0 Å². The van der Waals surface area contributed by atoms with E-state index in [1.165, 1.54) is 57.8 Å². The molecular weight excluding hydrogens is 226 g/mol. The minimum Gasteiger partial charge on any atom is -0.480 e. The molecule has 0 amide bonds. The number of carbonyl (C=O) groups is 1. The number of hydrogen-bond acceptors (Lipinski definition) is 2. The molecule has 3 N–H and O–H groups in total. The first-order valence-corrected chi connectivity index (χ1v) is 7.61. The average Bonchev–Trinajstić information content (AvgIpc) is 2.29. The third-order valence-electron chi connectivity index (χ3n) is 4.20. The van der Waals surface area contributed by atoms with Crippen molar-refractivity contribution in [2.75, 3.05) is 0 Å². The van der Waals surface area contributed by atoms with E-state index in [2.05, 4.69) is 6.92 Å². The van der Waals surface area contributed by atoms with Crippen LogP contribution in [0.3, 0.4) is 0 Å². The van der Waals surface area contributed by atoms with E-state index in [1.807, 2.05) is 0 Å². The number of unbranched alkanes of at least 4 members (excludes halogenated alkanes) is 7. The molecule has 1 fully saturated rings. The van der Waals surface area contributed by atoms with Gasteiger partial charge in [0, 0.05) is 0 Å². The van der Waals surface area contributed by atoms with Gasteiger partial charge in [0.15, 0.2) is 0 Å². The van der Waals surface area contributed by atoms with Gasteiger partial charge in [-0.15, -0.1) is 0 Å². The Balaban J connectivity index is 1.87. The molecule has 0 radical (unpaired) electrons. The number of nitrogens with two attached hydrogens (primary N) is 1. The zero-order valence-corrected chi connectivity index (χ0v) is 11.8. The molecule has 1 saturated carbocycles. The Morgan fingerprint density at radius 3 is 2.11 bits per heavy atom. The fraction of sp³-hybridized carbons (Fsp3) is 0.933. The van der Waals surface area contributed by atoms with Crippen molar-refractivity contribution < 1.29 is 9.90 Å². The summed E-state index contributed by atoms with van der Waals surface area (Å²) in [5.74, 6) is -0.263. The second kappa shape index (κ2) is 7.78. The largest absolute Gasteiger partial charge is 0.480 e. The molecule has 0 aromatic rings. The summed E-state index contributed by atoms with van der Waals surface area (Å²) in [4.78, 5) is 10.8. The van der Waals surface area contributed by atoms with Gasteiger partial charge in [-0.1, -0.05) is 64.7 Å². The summed E-state index contributed by atoms with van der Waals surface area (Å²) in [6.45, 7) is 2.24. The maximum atomic E-state index is 10.8. The fourth-order valence-corrected chi connectivity index (χ4v) is 2.92. The smallest absolute Gasteiger partial charge is 0.323 e. The summed E-state index contributed by atoms with van der Waals surface area (Å²) >= 11 is 0. The Morgan fingerprint density at radius 2 is 1.61 bits per heavy atom. The van der Waals surface area contributed by atoms with Gasteiger partial charge >= 0.3 is 5.97 Å². The van der Waals surface area contributed by atoms with Gasteiger partial charge in [-0.2, -0.15) is 0 Å². The van der Waals surface area contributed by atoms with E-state index in [-0.39, 0.29) is 0 Å². The van der Waals surface area contributed by atoms with Crippen molar-refractivity contribution in [2.24, 2.45) is 11.7 Å². The third-order valence-corrected chi connectivity index (χ3v) is 4.20. The Kier molecular flexibility index (Phi) is 6.69. The van der Waals surface area contributed by atoms with E-state index in [9.17, 15) is 4.79 Å². The molecule has 18 heavy (non-hydrogen) atoms. The fourth-order valence-electron chi connectivity index (χ4n) is 2.92. The maximum Gasteiger partial charge on any atom is 0.323 e. The first kappa shape index (κ1) is 15.5. The molecular formula is C15H29NO2. The van der Waals surface area contributed by atoms with Crippen LogP contribution < -0.4 is 5.73 Å². The molecule has 1 rings (SSSR count). The van der Waals surface area contributed by atoms with Crippen molar-refractivity contribution >= 4 is 5.97 Å². The second-order valence-corrected chi connectivity index (χ2v) is 6.00. The summed E-state index contributed by atoms with van der Waals surface area (Å²) < 4.78 is 0. The summed E-state index contributed by atoms with van der Waals surface area (Å²) in [6.07, 6.45) is 13.2. The predicted molar refractivity (Wildman–Crippen MR) is 74.5 cm³/mol. The average molecular weight is 255 g/mol. The Hall–Kier alpha value is -0.570. The second-order valence-electron chi connectivity index (χ2n) is 6.00. The van der Waals surface area contributed by atoms with Crippen LogP contribution in [-0.2, 0) is 4.79 Å². The summed E-state index contributed by atoms with van der Waals surface area (Å²) in [6, 6.07) is 0. The summed E-state index contributed by atoms with van der Waals surface area (Å²) in [5.41, 5.74) is 4.84. The first-order chi connectivity index (χ1) is 8.58. The normalized spacial score (nSPS) is 26.9. The lowest BCUT2D eigenvalue weighted by Gasteiger charge is -2.41. The molecule has 0 aliphatic heterocycles. The van der Waals surface area contributed by atoms with Crippen LogP contribution in [0, 0.1) is 5.92 Å². The van der Waals surface area contributed by atoms with E-state index in [4.69, 9.17) is 10.8 Å². The van der Waals surface area contributed by atoms with Gasteiger partial charge in [0.25, 0.3) is 0 Å². The van der Waals surface area contributed by atoms with Crippen LogP contribution >= 0.6 is 0 Å². The van der Waals surface area contributed by atoms with Crippen LogP contribution in [-0.4, -0.2) is 16.6 Å². The van der Waals surface area contributed by atoms with E-state index in [1.54, 1.807) is 0 Å². The van der Waals surface area contributed by atoms with Crippen LogP contribution in [0.2, 0.25) is 0 Å². The van der Waals surface area contributed by atoms with Crippen molar-refractivity contribution in [2.45, 2.75) is 83.1 Å². The number of carboxylic acid groups (broad SMARTS) is 1. The van der Waals surface area contributed by atoms with E-state index >= 15 is 0 Å². The minimum absolute atomic E-state index is 0.561. The van der Waals surface area contributed by atoms with Gasteiger partial charge in [-0.05, 0) is 18.8 Å². The molecule has 0 saturated heterocycles.